The van der Waals surface area contributed by atoms with Gasteiger partial charge in [-0.25, -0.2) is 0 Å². The first-order valence-corrected chi connectivity index (χ1v) is 10.6. The minimum atomic E-state index is -4.52. The van der Waals surface area contributed by atoms with Crippen molar-refractivity contribution in [3.05, 3.63) is 82.9 Å². The number of aliphatic hydroxyl groups excluding tert-OH is 1. The molecule has 0 fully saturated rings. The minimum Gasteiger partial charge on any atom is -0.392 e. The zero-order valence-electron chi connectivity index (χ0n) is 17.9. The normalized spacial score (nSPS) is 14.3. The van der Waals surface area contributed by atoms with Crippen LogP contribution < -0.4 is 0 Å². The number of hydrogen-bond acceptors (Lipinski definition) is 4. The summed E-state index contributed by atoms with van der Waals surface area (Å²) in [6.45, 7) is 2.77. The Hall–Kier alpha value is -3.29. The Morgan fingerprint density at radius 2 is 1.64 bits per heavy atom. The highest BCUT2D eigenvalue weighted by atomic mass is 19.4. The average Bonchev–Trinajstić information content (AvgIpc) is 2.82. The van der Waals surface area contributed by atoms with Gasteiger partial charge < -0.3 is 9.84 Å². The van der Waals surface area contributed by atoms with Gasteiger partial charge in [0.25, 0.3) is 0 Å². The number of halogens is 3. The maximum atomic E-state index is 13.5. The lowest BCUT2D eigenvalue weighted by Crippen LogP contribution is -2.24. The molecule has 0 unspecified atom stereocenters. The molecule has 0 radical (unpaired) electrons. The molecule has 0 saturated heterocycles. The number of ether oxygens (including phenoxy) is 1. The quantitative estimate of drug-likeness (QED) is 0.498. The Kier molecular flexibility index (Phi) is 6.44. The summed E-state index contributed by atoms with van der Waals surface area (Å²) in [5.74, 6) is -0.329. The van der Waals surface area contributed by atoms with E-state index in [0.29, 0.717) is 41.0 Å². The lowest BCUT2D eigenvalue weighted by Gasteiger charge is -2.23. The number of alkyl halides is 3. The molecule has 7 heteroatoms. The molecule has 0 spiro atoms. The number of fused-ring (bicyclic) bond motifs is 3. The molecular formula is C26H22F3NO3. The second-order valence-corrected chi connectivity index (χ2v) is 7.63. The molecule has 3 aromatic rings. The number of benzene rings is 3. The van der Waals surface area contributed by atoms with E-state index in [1.54, 1.807) is 36.4 Å². The number of carbonyl (C=O) groups is 1. The summed E-state index contributed by atoms with van der Waals surface area (Å²) in [5, 5.41) is 9.43. The number of aliphatic imine (C=N–C) groups is 1. The molecule has 0 heterocycles. The molecule has 0 aromatic heterocycles. The molecule has 0 saturated carbocycles. The highest BCUT2D eigenvalue weighted by Crippen LogP contribution is 2.40. The Morgan fingerprint density at radius 1 is 0.909 bits per heavy atom. The van der Waals surface area contributed by atoms with Gasteiger partial charge in [-0.3, -0.25) is 9.79 Å². The number of nitrogens with zero attached hydrogens (tertiary/aromatic N) is 1. The molecule has 1 aliphatic rings. The van der Waals surface area contributed by atoms with Gasteiger partial charge in [-0.2, -0.15) is 13.2 Å². The van der Waals surface area contributed by atoms with Crippen LogP contribution in [0.15, 0.2) is 65.7 Å². The first kappa shape index (κ1) is 22.9. The molecule has 1 aliphatic carbocycles. The van der Waals surface area contributed by atoms with Crippen LogP contribution in [0, 0.1) is 0 Å². The van der Waals surface area contributed by atoms with Crippen LogP contribution in [0.25, 0.3) is 22.3 Å². The van der Waals surface area contributed by atoms with Crippen LogP contribution in [0.3, 0.4) is 0 Å². The molecule has 1 N–H and O–H groups in total. The van der Waals surface area contributed by atoms with Crippen LogP contribution in [-0.2, 0) is 17.5 Å². The molecule has 0 bridgehead atoms. The highest BCUT2D eigenvalue weighted by molar-refractivity contribution is 6.55. The van der Waals surface area contributed by atoms with Crippen molar-refractivity contribution in [1.82, 2.24) is 0 Å². The van der Waals surface area contributed by atoms with E-state index in [4.69, 9.17) is 4.74 Å². The Bertz CT molecular complexity index is 1230. The third-order valence-corrected chi connectivity index (χ3v) is 5.52. The fraction of sp³-hybridized carbons (Fsp3) is 0.231. The summed E-state index contributed by atoms with van der Waals surface area (Å²) in [7, 11) is 0. The summed E-state index contributed by atoms with van der Waals surface area (Å²) in [5.41, 5.74) is 3.01. The number of hydrogen-bond donors (Lipinski definition) is 1. The van der Waals surface area contributed by atoms with Crippen molar-refractivity contribution in [2.45, 2.75) is 19.7 Å². The second kappa shape index (κ2) is 9.29. The van der Waals surface area contributed by atoms with Gasteiger partial charge in [0, 0.05) is 17.7 Å². The minimum absolute atomic E-state index is 0.128. The van der Waals surface area contributed by atoms with Crippen LogP contribution in [0.4, 0.5) is 13.2 Å². The van der Waals surface area contributed by atoms with Gasteiger partial charge in [-0.15, -0.1) is 0 Å². The number of aliphatic hydroxyl groups is 1. The summed E-state index contributed by atoms with van der Waals surface area (Å²) in [6, 6.07) is 15.7. The van der Waals surface area contributed by atoms with Crippen LogP contribution >= 0.6 is 0 Å². The van der Waals surface area contributed by atoms with E-state index in [9.17, 15) is 23.1 Å². The fourth-order valence-corrected chi connectivity index (χ4v) is 3.92. The number of Topliss-reactive ketones (excluding diaryl/α,β-unsaturated/α-hetero) is 1. The molecule has 4 rings (SSSR count). The summed E-state index contributed by atoms with van der Waals surface area (Å²) >= 11 is 0. The van der Waals surface area contributed by atoms with Crippen molar-refractivity contribution in [3.63, 3.8) is 0 Å². The van der Waals surface area contributed by atoms with Crippen molar-refractivity contribution in [3.8, 4) is 22.3 Å². The van der Waals surface area contributed by atoms with Gasteiger partial charge in [0.2, 0.25) is 5.78 Å². The van der Waals surface area contributed by atoms with E-state index in [2.05, 4.69) is 4.99 Å². The standard InChI is InChI=1S/C26H22F3NO3/c1-2-33-11-10-30-24-20-9-7-19(26(27,28)29)14-23(20)22-13-18(6-8-21(22)25(24)32)17-5-3-4-16(12-17)15-31/h3-9,12-14,31H,2,10-11,15H2,1H3/b30-24+. The maximum Gasteiger partial charge on any atom is 0.416 e. The third kappa shape index (κ3) is 4.60. The number of rotatable bonds is 6. The predicted molar refractivity (Wildman–Crippen MR) is 120 cm³/mol. The van der Waals surface area contributed by atoms with Gasteiger partial charge in [-0.05, 0) is 65.1 Å². The average molecular weight is 453 g/mol. The topological polar surface area (TPSA) is 58.9 Å². The summed E-state index contributed by atoms with van der Waals surface area (Å²) < 4.78 is 45.7. The van der Waals surface area contributed by atoms with E-state index in [0.717, 1.165) is 23.3 Å². The Balaban J connectivity index is 1.87. The van der Waals surface area contributed by atoms with E-state index >= 15 is 0 Å². The van der Waals surface area contributed by atoms with Crippen molar-refractivity contribution in [2.24, 2.45) is 4.99 Å². The van der Waals surface area contributed by atoms with Gasteiger partial charge in [0.05, 0.1) is 25.3 Å². The molecule has 33 heavy (non-hydrogen) atoms. The van der Waals surface area contributed by atoms with Crippen molar-refractivity contribution in [2.75, 3.05) is 19.8 Å². The first-order chi connectivity index (χ1) is 15.8. The van der Waals surface area contributed by atoms with Crippen molar-refractivity contribution >= 4 is 11.5 Å². The Morgan fingerprint density at radius 3 is 2.36 bits per heavy atom. The van der Waals surface area contributed by atoms with Gasteiger partial charge >= 0.3 is 6.18 Å². The summed E-state index contributed by atoms with van der Waals surface area (Å²) in [6.07, 6.45) is -4.52. The summed E-state index contributed by atoms with van der Waals surface area (Å²) in [4.78, 5) is 17.6. The van der Waals surface area contributed by atoms with Gasteiger partial charge in [0.1, 0.15) is 5.71 Å². The molecule has 0 atom stereocenters. The maximum absolute atomic E-state index is 13.5. The van der Waals surface area contributed by atoms with Gasteiger partial charge in [0.15, 0.2) is 0 Å². The smallest absolute Gasteiger partial charge is 0.392 e. The predicted octanol–water partition coefficient (Wildman–Crippen LogP) is 5.55. The monoisotopic (exact) mass is 453 g/mol. The van der Waals surface area contributed by atoms with E-state index < -0.39 is 11.7 Å². The number of ketones is 1. The van der Waals surface area contributed by atoms with Crippen molar-refractivity contribution in [1.29, 1.82) is 0 Å². The third-order valence-electron chi connectivity index (χ3n) is 5.52. The van der Waals surface area contributed by atoms with Crippen LogP contribution in [-0.4, -0.2) is 36.4 Å². The lowest BCUT2D eigenvalue weighted by atomic mass is 9.81. The molecule has 0 amide bonds. The van der Waals surface area contributed by atoms with Crippen molar-refractivity contribution < 1.29 is 27.8 Å². The van der Waals surface area contributed by atoms with Crippen LogP contribution in [0.2, 0.25) is 0 Å². The molecule has 170 valence electrons. The van der Waals surface area contributed by atoms with Crippen LogP contribution in [0.1, 0.15) is 34.0 Å². The SMILES string of the molecule is CCOCC/N=C1/C(=O)c2ccc(-c3cccc(CO)c3)cc2-c2cc(C(F)(F)F)ccc21. The molecule has 0 aliphatic heterocycles. The van der Waals surface area contributed by atoms with Gasteiger partial charge in [-0.1, -0.05) is 30.3 Å². The lowest BCUT2D eigenvalue weighted by molar-refractivity contribution is -0.137. The molecule has 4 nitrogen and oxygen atoms in total. The highest BCUT2D eigenvalue weighted by Gasteiger charge is 2.34. The second-order valence-electron chi connectivity index (χ2n) is 7.63. The number of carbonyl (C=O) groups excluding carboxylic acids is 1. The first-order valence-electron chi connectivity index (χ1n) is 10.6. The zero-order chi connectivity index (χ0) is 23.6. The van der Waals surface area contributed by atoms with E-state index in [1.807, 2.05) is 13.0 Å². The molecular weight excluding hydrogens is 431 g/mol. The molecule has 3 aromatic carbocycles. The Labute approximate surface area is 189 Å². The largest absolute Gasteiger partial charge is 0.416 e. The zero-order valence-corrected chi connectivity index (χ0v) is 17.9. The van der Waals surface area contributed by atoms with E-state index in [1.165, 1.54) is 6.07 Å². The fourth-order valence-electron chi connectivity index (χ4n) is 3.92. The van der Waals surface area contributed by atoms with E-state index in [-0.39, 0.29) is 24.6 Å². The van der Waals surface area contributed by atoms with Crippen LogP contribution in [0.5, 0.6) is 0 Å².